The first-order valence-corrected chi connectivity index (χ1v) is 12.0. The van der Waals surface area contributed by atoms with Gasteiger partial charge in [0.2, 0.25) is 0 Å². The Morgan fingerprint density at radius 1 is 1.17 bits per heavy atom. The third-order valence-electron chi connectivity index (χ3n) is 7.34. The molecule has 0 saturated carbocycles. The minimum absolute atomic E-state index is 0.162. The summed E-state index contributed by atoms with van der Waals surface area (Å²) in [6, 6.07) is 5.54. The number of ether oxygens (including phenoxy) is 1. The number of nitrogens with zero attached hydrogens (tertiary/aromatic N) is 4. The van der Waals surface area contributed by atoms with Gasteiger partial charge in [0.25, 0.3) is 11.8 Å². The lowest BCUT2D eigenvalue weighted by Gasteiger charge is -2.41. The molecule has 186 valence electrons. The summed E-state index contributed by atoms with van der Waals surface area (Å²) < 4.78 is 23.9. The summed E-state index contributed by atoms with van der Waals surface area (Å²) in [5.41, 5.74) is 0.181. The molecule has 10 nitrogen and oxygen atoms in total. The molecule has 1 aromatic heterocycles. The predicted molar refractivity (Wildman–Crippen MR) is 120 cm³/mol. The molecule has 5 rings (SSSR count). The Morgan fingerprint density at radius 2 is 1.91 bits per heavy atom. The molecule has 0 spiro atoms. The van der Waals surface area contributed by atoms with E-state index >= 15 is 0 Å². The largest absolute Gasteiger partial charge is 0.376 e. The summed E-state index contributed by atoms with van der Waals surface area (Å²) in [6.07, 6.45) is 2.81. The van der Waals surface area contributed by atoms with Crippen molar-refractivity contribution in [3.8, 4) is 0 Å². The van der Waals surface area contributed by atoms with E-state index in [1.165, 1.54) is 17.0 Å². The number of aromatic nitrogens is 2. The van der Waals surface area contributed by atoms with Crippen LogP contribution >= 0.6 is 0 Å². The van der Waals surface area contributed by atoms with Gasteiger partial charge in [-0.15, -0.1) is 0 Å². The van der Waals surface area contributed by atoms with Crippen LogP contribution in [-0.4, -0.2) is 75.8 Å². The van der Waals surface area contributed by atoms with Crippen molar-refractivity contribution in [1.29, 1.82) is 0 Å². The maximum Gasteiger partial charge on any atom is 0.325 e. The van der Waals surface area contributed by atoms with E-state index in [2.05, 4.69) is 20.3 Å². The van der Waals surface area contributed by atoms with Gasteiger partial charge in [-0.3, -0.25) is 14.5 Å². The Hall–Kier alpha value is -3.34. The quantitative estimate of drug-likeness (QED) is 0.623. The lowest BCUT2D eigenvalue weighted by atomic mass is 9.73. The van der Waals surface area contributed by atoms with E-state index in [4.69, 9.17) is 4.74 Å². The van der Waals surface area contributed by atoms with Crippen LogP contribution in [0.15, 0.2) is 28.9 Å². The summed E-state index contributed by atoms with van der Waals surface area (Å²) in [5.74, 6) is -1.13. The minimum atomic E-state index is -1.17. The molecule has 4 amide bonds. The standard InChI is InChI=1S/C24H28FN5O5/c1-15-20(28-35-27-15)21(31)29-10-8-17(9-11-29)24(13-16-4-6-18(25)7-5-16)22(32)30(23(33)26-24)14-19-3-2-12-34-19/h4-7,17,19H,2-3,8-14H2,1H3,(H,26,33)/t19-,24-/m1/s1. The van der Waals surface area contributed by atoms with Crippen molar-refractivity contribution in [2.75, 3.05) is 26.2 Å². The van der Waals surface area contributed by atoms with Gasteiger partial charge in [0, 0.05) is 26.1 Å². The number of hydrogen-bond donors (Lipinski definition) is 1. The summed E-state index contributed by atoms with van der Waals surface area (Å²) >= 11 is 0. The van der Waals surface area contributed by atoms with E-state index in [0.717, 1.165) is 18.4 Å². The number of piperidine rings is 1. The first kappa shape index (κ1) is 23.4. The number of amides is 4. The molecule has 3 fully saturated rings. The molecule has 3 aliphatic rings. The molecule has 3 aliphatic heterocycles. The highest BCUT2D eigenvalue weighted by atomic mass is 19.1. The zero-order valence-electron chi connectivity index (χ0n) is 19.5. The van der Waals surface area contributed by atoms with Gasteiger partial charge in [0.05, 0.1) is 12.6 Å². The van der Waals surface area contributed by atoms with Gasteiger partial charge in [-0.1, -0.05) is 17.3 Å². The second-order valence-corrected chi connectivity index (χ2v) is 9.52. The van der Waals surface area contributed by atoms with Gasteiger partial charge in [-0.25, -0.2) is 13.8 Å². The molecule has 0 bridgehead atoms. The van der Waals surface area contributed by atoms with Crippen molar-refractivity contribution in [2.45, 2.75) is 50.7 Å². The number of carbonyl (C=O) groups is 3. The molecule has 2 aromatic rings. The van der Waals surface area contributed by atoms with Gasteiger partial charge >= 0.3 is 6.03 Å². The molecule has 3 saturated heterocycles. The number of rotatable bonds is 6. The summed E-state index contributed by atoms with van der Waals surface area (Å²) in [7, 11) is 0. The predicted octanol–water partition coefficient (Wildman–Crippen LogP) is 2.08. The summed E-state index contributed by atoms with van der Waals surface area (Å²) in [5, 5.41) is 10.4. The highest BCUT2D eigenvalue weighted by Gasteiger charge is 2.56. The first-order chi connectivity index (χ1) is 16.9. The van der Waals surface area contributed by atoms with Crippen LogP contribution in [0.2, 0.25) is 0 Å². The fourth-order valence-electron chi connectivity index (χ4n) is 5.42. The molecule has 0 radical (unpaired) electrons. The van der Waals surface area contributed by atoms with Gasteiger partial charge in [0.1, 0.15) is 17.1 Å². The zero-order chi connectivity index (χ0) is 24.6. The Kier molecular flexibility index (Phi) is 6.26. The minimum Gasteiger partial charge on any atom is -0.376 e. The van der Waals surface area contributed by atoms with Crippen molar-refractivity contribution < 1.29 is 28.1 Å². The van der Waals surface area contributed by atoms with Gasteiger partial charge < -0.3 is 15.0 Å². The van der Waals surface area contributed by atoms with E-state index in [1.807, 2.05) is 0 Å². The highest BCUT2D eigenvalue weighted by molar-refractivity contribution is 6.07. The van der Waals surface area contributed by atoms with E-state index in [9.17, 15) is 18.8 Å². The fourth-order valence-corrected chi connectivity index (χ4v) is 5.42. The fraction of sp³-hybridized carbons (Fsp3) is 0.542. The van der Waals surface area contributed by atoms with Gasteiger partial charge in [0.15, 0.2) is 5.69 Å². The van der Waals surface area contributed by atoms with Crippen LogP contribution in [0.1, 0.15) is 47.4 Å². The monoisotopic (exact) mass is 485 g/mol. The summed E-state index contributed by atoms with van der Waals surface area (Å²) in [4.78, 5) is 42.6. The molecular formula is C24H28FN5O5. The maximum atomic E-state index is 13.8. The topological polar surface area (TPSA) is 118 Å². The molecule has 4 heterocycles. The Labute approximate surface area is 201 Å². The van der Waals surface area contributed by atoms with Crippen LogP contribution in [0, 0.1) is 18.7 Å². The molecular weight excluding hydrogens is 457 g/mol. The summed E-state index contributed by atoms with van der Waals surface area (Å²) in [6.45, 7) is 3.29. The van der Waals surface area contributed by atoms with Gasteiger partial charge in [-0.05, 0) is 61.4 Å². The number of hydrogen-bond acceptors (Lipinski definition) is 7. The van der Waals surface area contributed by atoms with E-state index in [-0.39, 0.29) is 48.3 Å². The second-order valence-electron chi connectivity index (χ2n) is 9.52. The van der Waals surface area contributed by atoms with Crippen LogP contribution in [0.25, 0.3) is 0 Å². The number of imide groups is 1. The average molecular weight is 486 g/mol. The molecule has 35 heavy (non-hydrogen) atoms. The van der Waals surface area contributed by atoms with E-state index < -0.39 is 11.6 Å². The van der Waals surface area contributed by atoms with E-state index in [0.29, 0.717) is 38.2 Å². The zero-order valence-corrected chi connectivity index (χ0v) is 19.5. The van der Waals surface area contributed by atoms with Crippen molar-refractivity contribution in [1.82, 2.24) is 25.4 Å². The van der Waals surface area contributed by atoms with Crippen LogP contribution in [0.5, 0.6) is 0 Å². The molecule has 1 aromatic carbocycles. The number of urea groups is 1. The van der Waals surface area contributed by atoms with Crippen LogP contribution in [-0.2, 0) is 16.0 Å². The third kappa shape index (κ3) is 4.40. The Bertz CT molecular complexity index is 1110. The number of nitrogens with one attached hydrogen (secondary N) is 1. The normalized spacial score (nSPS) is 25.4. The second kappa shape index (κ2) is 9.37. The van der Waals surface area contributed by atoms with Crippen molar-refractivity contribution >= 4 is 17.8 Å². The molecule has 2 atom stereocenters. The smallest absolute Gasteiger partial charge is 0.325 e. The number of benzene rings is 1. The lowest BCUT2D eigenvalue weighted by Crippen LogP contribution is -2.58. The molecule has 1 N–H and O–H groups in total. The van der Waals surface area contributed by atoms with Crippen LogP contribution in [0.3, 0.4) is 0 Å². The number of halogens is 1. The maximum absolute atomic E-state index is 13.8. The molecule has 11 heteroatoms. The van der Waals surface area contributed by atoms with Crippen molar-refractivity contribution in [3.05, 3.63) is 47.0 Å². The molecule has 0 unspecified atom stereocenters. The van der Waals surface area contributed by atoms with Crippen LogP contribution in [0.4, 0.5) is 9.18 Å². The SMILES string of the molecule is Cc1nonc1C(=O)N1CCC([C@@]2(Cc3ccc(F)cc3)NC(=O)N(C[C@H]3CCCO3)C2=O)CC1. The average Bonchev–Trinajstić information content (AvgIpc) is 3.58. The Morgan fingerprint density at radius 3 is 2.54 bits per heavy atom. The Balaban J connectivity index is 1.37. The van der Waals surface area contributed by atoms with Gasteiger partial charge in [-0.2, -0.15) is 0 Å². The lowest BCUT2D eigenvalue weighted by molar-refractivity contribution is -0.135. The van der Waals surface area contributed by atoms with Crippen molar-refractivity contribution in [3.63, 3.8) is 0 Å². The third-order valence-corrected chi connectivity index (χ3v) is 7.34. The number of carbonyl (C=O) groups excluding carboxylic acids is 3. The number of likely N-dealkylation sites (tertiary alicyclic amines) is 1. The molecule has 0 aliphatic carbocycles. The highest BCUT2D eigenvalue weighted by Crippen LogP contribution is 2.37. The van der Waals surface area contributed by atoms with Crippen molar-refractivity contribution in [2.24, 2.45) is 5.92 Å². The number of aryl methyl sites for hydroxylation is 1. The van der Waals surface area contributed by atoms with Crippen LogP contribution < -0.4 is 5.32 Å². The van der Waals surface area contributed by atoms with E-state index in [1.54, 1.807) is 24.0 Å². The first-order valence-electron chi connectivity index (χ1n) is 12.0.